The van der Waals surface area contributed by atoms with Gasteiger partial charge in [0.25, 0.3) is 0 Å². The third-order valence-corrected chi connectivity index (χ3v) is 4.72. The van der Waals surface area contributed by atoms with E-state index in [1.165, 1.54) is 11.8 Å². The van der Waals surface area contributed by atoms with Crippen molar-refractivity contribution < 1.29 is 14.3 Å². The minimum absolute atomic E-state index is 0.0429. The highest BCUT2D eigenvalue weighted by atomic mass is 32.2. The molecule has 0 saturated carbocycles. The van der Waals surface area contributed by atoms with E-state index in [-0.39, 0.29) is 11.2 Å². The van der Waals surface area contributed by atoms with Crippen LogP contribution in [0, 0.1) is 0 Å². The van der Waals surface area contributed by atoms with Crippen LogP contribution in [0.25, 0.3) is 11.4 Å². The summed E-state index contributed by atoms with van der Waals surface area (Å²) >= 11 is 1.40. The van der Waals surface area contributed by atoms with Crippen molar-refractivity contribution in [3.8, 4) is 17.1 Å². The summed E-state index contributed by atoms with van der Waals surface area (Å²) in [6.07, 6.45) is 0. The third-order valence-electron chi connectivity index (χ3n) is 3.64. The number of carbonyl (C=O) groups excluding carboxylic acids is 1. The molecule has 1 aromatic heterocycles. The number of benzene rings is 1. The number of rotatable bonds is 9. The molecule has 0 bridgehead atoms. The van der Waals surface area contributed by atoms with E-state index in [1.807, 2.05) is 42.7 Å². The van der Waals surface area contributed by atoms with Crippen molar-refractivity contribution in [3.63, 3.8) is 0 Å². The van der Waals surface area contributed by atoms with Gasteiger partial charge in [0.15, 0.2) is 11.0 Å². The van der Waals surface area contributed by atoms with Crippen molar-refractivity contribution in [2.45, 2.75) is 30.8 Å². The van der Waals surface area contributed by atoms with Gasteiger partial charge in [-0.05, 0) is 38.1 Å². The summed E-state index contributed by atoms with van der Waals surface area (Å²) in [5, 5.41) is 11.9. The molecule has 1 amide bonds. The number of hydrogen-bond acceptors (Lipinski definition) is 6. The number of hydrogen-bond donors (Lipinski definition) is 1. The Morgan fingerprint density at radius 1 is 1.28 bits per heavy atom. The molecule has 0 unspecified atom stereocenters. The SMILES string of the molecule is CCn1c(S[C@H](C)C(=O)NCCOC)nnc1-c1ccc(OC)cc1. The molecular formula is C17H24N4O3S. The Bertz CT molecular complexity index is 688. The summed E-state index contributed by atoms with van der Waals surface area (Å²) in [4.78, 5) is 12.1. The summed E-state index contributed by atoms with van der Waals surface area (Å²) in [5.74, 6) is 1.53. The molecule has 1 aromatic carbocycles. The Kier molecular flexibility index (Phi) is 7.27. The minimum Gasteiger partial charge on any atom is -0.497 e. The monoisotopic (exact) mass is 364 g/mol. The van der Waals surface area contributed by atoms with Gasteiger partial charge in [0.2, 0.25) is 5.91 Å². The molecule has 1 atom stereocenters. The second kappa shape index (κ2) is 9.43. The minimum atomic E-state index is -0.268. The first-order chi connectivity index (χ1) is 12.1. The van der Waals surface area contributed by atoms with E-state index in [0.29, 0.717) is 19.7 Å². The highest BCUT2D eigenvalue weighted by Crippen LogP contribution is 2.27. The lowest BCUT2D eigenvalue weighted by molar-refractivity contribution is -0.120. The zero-order valence-corrected chi connectivity index (χ0v) is 15.8. The largest absolute Gasteiger partial charge is 0.497 e. The molecule has 0 spiro atoms. The van der Waals surface area contributed by atoms with Gasteiger partial charge in [0.1, 0.15) is 5.75 Å². The van der Waals surface area contributed by atoms with E-state index in [1.54, 1.807) is 14.2 Å². The second-order valence-electron chi connectivity index (χ2n) is 5.32. The Balaban J connectivity index is 2.11. The van der Waals surface area contributed by atoms with E-state index in [4.69, 9.17) is 9.47 Å². The van der Waals surface area contributed by atoms with Gasteiger partial charge < -0.3 is 19.4 Å². The molecule has 0 radical (unpaired) electrons. The van der Waals surface area contributed by atoms with Crippen LogP contribution in [0.5, 0.6) is 5.75 Å². The van der Waals surface area contributed by atoms with Crippen molar-refractivity contribution in [1.82, 2.24) is 20.1 Å². The molecule has 1 N–H and O–H groups in total. The summed E-state index contributed by atoms with van der Waals surface area (Å²) in [6, 6.07) is 7.68. The summed E-state index contributed by atoms with van der Waals surface area (Å²) in [7, 11) is 3.24. The molecule has 2 rings (SSSR count). The predicted octanol–water partition coefficient (Wildman–Crippen LogP) is 2.22. The summed E-state index contributed by atoms with van der Waals surface area (Å²) < 4.78 is 12.1. The molecule has 2 aromatic rings. The Hall–Kier alpha value is -2.06. The molecular weight excluding hydrogens is 340 g/mol. The van der Waals surface area contributed by atoms with Crippen LogP contribution in [-0.4, -0.2) is 53.3 Å². The lowest BCUT2D eigenvalue weighted by atomic mass is 10.2. The lowest BCUT2D eigenvalue weighted by Gasteiger charge is -2.12. The van der Waals surface area contributed by atoms with Crippen molar-refractivity contribution in [2.75, 3.05) is 27.4 Å². The van der Waals surface area contributed by atoms with Gasteiger partial charge in [-0.3, -0.25) is 4.79 Å². The first-order valence-electron chi connectivity index (χ1n) is 8.11. The number of amides is 1. The maximum atomic E-state index is 12.1. The topological polar surface area (TPSA) is 78.3 Å². The van der Waals surface area contributed by atoms with Gasteiger partial charge in [-0.1, -0.05) is 11.8 Å². The number of nitrogens with zero attached hydrogens (tertiary/aromatic N) is 3. The van der Waals surface area contributed by atoms with Crippen LogP contribution < -0.4 is 10.1 Å². The van der Waals surface area contributed by atoms with Crippen molar-refractivity contribution >= 4 is 17.7 Å². The van der Waals surface area contributed by atoms with Crippen molar-refractivity contribution in [1.29, 1.82) is 0 Å². The molecule has 0 aliphatic heterocycles. The molecule has 1 heterocycles. The zero-order chi connectivity index (χ0) is 18.2. The van der Waals surface area contributed by atoms with Crippen LogP contribution in [0.3, 0.4) is 0 Å². The van der Waals surface area contributed by atoms with Crippen LogP contribution in [0.15, 0.2) is 29.4 Å². The van der Waals surface area contributed by atoms with Crippen LogP contribution in [0.1, 0.15) is 13.8 Å². The van der Waals surface area contributed by atoms with Crippen LogP contribution in [0.4, 0.5) is 0 Å². The Morgan fingerprint density at radius 2 is 2.00 bits per heavy atom. The average molecular weight is 364 g/mol. The maximum Gasteiger partial charge on any atom is 0.233 e. The fourth-order valence-corrected chi connectivity index (χ4v) is 3.18. The van der Waals surface area contributed by atoms with Crippen LogP contribution in [0.2, 0.25) is 0 Å². The van der Waals surface area contributed by atoms with Gasteiger partial charge in [-0.25, -0.2) is 0 Å². The van der Waals surface area contributed by atoms with E-state index in [0.717, 1.165) is 22.3 Å². The fraction of sp³-hybridized carbons (Fsp3) is 0.471. The highest BCUT2D eigenvalue weighted by molar-refractivity contribution is 8.00. The van der Waals surface area contributed by atoms with Gasteiger partial charge in [0.05, 0.1) is 19.0 Å². The molecule has 136 valence electrons. The van der Waals surface area contributed by atoms with E-state index in [2.05, 4.69) is 15.5 Å². The van der Waals surface area contributed by atoms with Crippen LogP contribution in [-0.2, 0) is 16.1 Å². The quantitative estimate of drug-likeness (QED) is 0.543. The Labute approximate surface area is 152 Å². The first-order valence-corrected chi connectivity index (χ1v) is 8.99. The lowest BCUT2D eigenvalue weighted by Crippen LogP contribution is -2.33. The van der Waals surface area contributed by atoms with Gasteiger partial charge in [0, 0.05) is 25.8 Å². The van der Waals surface area contributed by atoms with Crippen molar-refractivity contribution in [2.24, 2.45) is 0 Å². The summed E-state index contributed by atoms with van der Waals surface area (Å²) in [5.41, 5.74) is 0.958. The number of aromatic nitrogens is 3. The molecule has 8 heteroatoms. The highest BCUT2D eigenvalue weighted by Gasteiger charge is 2.20. The van der Waals surface area contributed by atoms with Gasteiger partial charge >= 0.3 is 0 Å². The van der Waals surface area contributed by atoms with E-state index >= 15 is 0 Å². The zero-order valence-electron chi connectivity index (χ0n) is 15.0. The number of methoxy groups -OCH3 is 2. The van der Waals surface area contributed by atoms with Crippen molar-refractivity contribution in [3.05, 3.63) is 24.3 Å². The van der Waals surface area contributed by atoms with E-state index in [9.17, 15) is 4.79 Å². The number of ether oxygens (including phenoxy) is 2. The summed E-state index contributed by atoms with van der Waals surface area (Å²) in [6.45, 7) is 5.60. The smallest absolute Gasteiger partial charge is 0.233 e. The van der Waals surface area contributed by atoms with Crippen LogP contribution >= 0.6 is 11.8 Å². The third kappa shape index (κ3) is 4.96. The molecule has 0 aliphatic rings. The number of nitrogens with one attached hydrogen (secondary N) is 1. The van der Waals surface area contributed by atoms with Gasteiger partial charge in [-0.2, -0.15) is 0 Å². The average Bonchev–Trinajstić information content (AvgIpc) is 3.04. The molecule has 25 heavy (non-hydrogen) atoms. The molecule has 0 aliphatic carbocycles. The van der Waals surface area contributed by atoms with Gasteiger partial charge in [-0.15, -0.1) is 10.2 Å². The molecule has 0 fully saturated rings. The number of carbonyl (C=O) groups is 1. The fourth-order valence-electron chi connectivity index (χ4n) is 2.25. The first kappa shape index (κ1) is 19.3. The molecule has 0 saturated heterocycles. The number of thioether (sulfide) groups is 1. The standard InChI is InChI=1S/C17H24N4O3S/c1-5-21-15(13-6-8-14(24-4)9-7-13)19-20-17(21)25-12(2)16(22)18-10-11-23-3/h6-9,12H,5,10-11H2,1-4H3,(H,18,22)/t12-/m1/s1. The Morgan fingerprint density at radius 3 is 2.60 bits per heavy atom. The van der Waals surface area contributed by atoms with E-state index < -0.39 is 0 Å². The predicted molar refractivity (Wildman–Crippen MR) is 97.9 cm³/mol. The maximum absolute atomic E-state index is 12.1. The second-order valence-corrected chi connectivity index (χ2v) is 6.63. The molecule has 7 nitrogen and oxygen atoms in total. The normalized spacial score (nSPS) is 12.0.